The molecular weight excluding hydrogens is 717 g/mol. The molecule has 0 unspecified atom stereocenters. The van der Waals surface area contributed by atoms with Crippen molar-refractivity contribution in [1.82, 2.24) is 19.5 Å². The summed E-state index contributed by atoms with van der Waals surface area (Å²) in [5.74, 6) is 1.97. The van der Waals surface area contributed by atoms with Crippen molar-refractivity contribution in [2.45, 2.75) is 0 Å². The Kier molecular flexibility index (Phi) is 7.03. The van der Waals surface area contributed by atoms with Crippen molar-refractivity contribution in [1.29, 1.82) is 0 Å². The van der Waals surface area contributed by atoms with Crippen molar-refractivity contribution in [2.24, 2.45) is 0 Å². The van der Waals surface area contributed by atoms with Gasteiger partial charge in [-0.15, -0.1) is 11.3 Å². The van der Waals surface area contributed by atoms with Gasteiger partial charge in [0.15, 0.2) is 17.5 Å². The largest absolute Gasteiger partial charge is 0.456 e. The number of hydrogen-bond donors (Lipinski definition) is 0. The molecule has 4 heterocycles. The Balaban J connectivity index is 0.987. The Labute approximate surface area is 330 Å². The van der Waals surface area contributed by atoms with Gasteiger partial charge in [-0.1, -0.05) is 127 Å². The van der Waals surface area contributed by atoms with Crippen LogP contribution in [0.3, 0.4) is 0 Å². The van der Waals surface area contributed by atoms with Gasteiger partial charge in [-0.2, -0.15) is 0 Å². The van der Waals surface area contributed by atoms with Gasteiger partial charge in [-0.05, 0) is 65.7 Å². The third kappa shape index (κ3) is 5.12. The Morgan fingerprint density at radius 3 is 1.72 bits per heavy atom. The third-order valence-electron chi connectivity index (χ3n) is 11.1. The van der Waals surface area contributed by atoms with Gasteiger partial charge in [0.2, 0.25) is 0 Å². The van der Waals surface area contributed by atoms with E-state index in [-0.39, 0.29) is 0 Å². The predicted octanol–water partition coefficient (Wildman–Crippen LogP) is 13.9. The number of hydrogen-bond acceptors (Lipinski definition) is 5. The molecule has 5 nitrogen and oxygen atoms in total. The summed E-state index contributed by atoms with van der Waals surface area (Å²) in [5, 5.41) is 7.14. The van der Waals surface area contributed by atoms with Gasteiger partial charge >= 0.3 is 0 Å². The molecule has 0 aliphatic rings. The first kappa shape index (κ1) is 31.9. The van der Waals surface area contributed by atoms with Crippen LogP contribution in [0.4, 0.5) is 0 Å². The van der Waals surface area contributed by atoms with Gasteiger partial charge in [-0.25, -0.2) is 15.0 Å². The zero-order valence-electron chi connectivity index (χ0n) is 30.4. The molecule has 0 fully saturated rings. The Morgan fingerprint density at radius 2 is 1.02 bits per heavy atom. The van der Waals surface area contributed by atoms with E-state index in [9.17, 15) is 0 Å². The van der Waals surface area contributed by atoms with Crippen LogP contribution >= 0.6 is 11.3 Å². The summed E-state index contributed by atoms with van der Waals surface area (Å²) < 4.78 is 11.3. The molecule has 12 aromatic rings. The van der Waals surface area contributed by atoms with E-state index in [4.69, 9.17) is 19.4 Å². The van der Waals surface area contributed by atoms with Gasteiger partial charge < -0.3 is 8.98 Å². The van der Waals surface area contributed by atoms with E-state index in [1.54, 1.807) is 11.3 Å². The zero-order valence-corrected chi connectivity index (χ0v) is 31.2. The van der Waals surface area contributed by atoms with Gasteiger partial charge in [0, 0.05) is 64.1 Å². The molecule has 12 rings (SSSR count). The molecule has 0 bridgehead atoms. The lowest BCUT2D eigenvalue weighted by molar-refractivity contribution is 0.669. The SMILES string of the molecule is c1ccc(-c2nc(-c3ccccc3)nc(-c3ccc4c(c3)sc3ccc(-c5cccc6oc7ccc(-n8c9ccccc9c9ccccc98)cc7c56)cc34)n2)cc1. The molecule has 6 heteroatoms. The van der Waals surface area contributed by atoms with Crippen LogP contribution in [0.5, 0.6) is 0 Å². The number of furan rings is 1. The second-order valence-electron chi connectivity index (χ2n) is 14.4. The lowest BCUT2D eigenvalue weighted by Gasteiger charge is -2.09. The van der Waals surface area contributed by atoms with Crippen LogP contribution in [0.1, 0.15) is 0 Å². The lowest BCUT2D eigenvalue weighted by atomic mass is 9.97. The smallest absolute Gasteiger partial charge is 0.164 e. The molecular formula is C51H30N4OS. The fourth-order valence-electron chi connectivity index (χ4n) is 8.42. The molecule has 266 valence electrons. The highest BCUT2D eigenvalue weighted by Gasteiger charge is 2.18. The molecule has 0 saturated carbocycles. The normalized spacial score (nSPS) is 11.9. The van der Waals surface area contributed by atoms with Crippen molar-refractivity contribution in [3.05, 3.63) is 182 Å². The minimum absolute atomic E-state index is 0.654. The molecule has 0 saturated heterocycles. The number of fused-ring (bicyclic) bond motifs is 9. The zero-order chi connectivity index (χ0) is 37.5. The lowest BCUT2D eigenvalue weighted by Crippen LogP contribution is -1.99. The number of benzene rings is 8. The van der Waals surface area contributed by atoms with E-state index in [1.807, 2.05) is 60.7 Å². The van der Waals surface area contributed by atoms with Crippen LogP contribution in [-0.4, -0.2) is 19.5 Å². The highest BCUT2D eigenvalue weighted by molar-refractivity contribution is 7.25. The molecule has 0 radical (unpaired) electrons. The maximum Gasteiger partial charge on any atom is 0.164 e. The van der Waals surface area contributed by atoms with Crippen LogP contribution in [0, 0.1) is 0 Å². The summed E-state index contributed by atoms with van der Waals surface area (Å²) in [4.78, 5) is 14.9. The van der Waals surface area contributed by atoms with Crippen molar-refractivity contribution in [3.8, 4) is 51.0 Å². The summed E-state index contributed by atoms with van der Waals surface area (Å²) in [6.07, 6.45) is 0. The highest BCUT2D eigenvalue weighted by Crippen LogP contribution is 2.42. The van der Waals surface area contributed by atoms with Crippen LogP contribution in [0.2, 0.25) is 0 Å². The molecule has 0 aliphatic carbocycles. The first-order valence-electron chi connectivity index (χ1n) is 19.0. The Morgan fingerprint density at radius 1 is 0.386 bits per heavy atom. The van der Waals surface area contributed by atoms with Crippen molar-refractivity contribution in [2.75, 3.05) is 0 Å². The molecule has 0 atom stereocenters. The Bertz CT molecular complexity index is 3420. The fourth-order valence-corrected chi connectivity index (χ4v) is 9.54. The van der Waals surface area contributed by atoms with E-state index < -0.39 is 0 Å². The quantitative estimate of drug-likeness (QED) is 0.176. The molecule has 8 aromatic carbocycles. The third-order valence-corrected chi connectivity index (χ3v) is 12.2. The maximum absolute atomic E-state index is 6.51. The molecule has 0 aliphatic heterocycles. The number of para-hydroxylation sites is 2. The molecule has 0 N–H and O–H groups in total. The van der Waals surface area contributed by atoms with Crippen molar-refractivity contribution < 1.29 is 4.42 Å². The summed E-state index contributed by atoms with van der Waals surface area (Å²) in [6, 6.07) is 63.9. The minimum Gasteiger partial charge on any atom is -0.456 e. The van der Waals surface area contributed by atoms with Crippen LogP contribution in [-0.2, 0) is 0 Å². The fraction of sp³-hybridized carbons (Fsp3) is 0. The highest BCUT2D eigenvalue weighted by atomic mass is 32.1. The second kappa shape index (κ2) is 12.6. The van der Waals surface area contributed by atoms with Gasteiger partial charge in [0.25, 0.3) is 0 Å². The molecule has 0 spiro atoms. The van der Waals surface area contributed by atoms with E-state index in [2.05, 4.69) is 126 Å². The van der Waals surface area contributed by atoms with Gasteiger partial charge in [0.05, 0.1) is 11.0 Å². The van der Waals surface area contributed by atoms with E-state index in [1.165, 1.54) is 42.0 Å². The van der Waals surface area contributed by atoms with Crippen LogP contribution in [0.25, 0.3) is 115 Å². The maximum atomic E-state index is 6.51. The summed E-state index contributed by atoms with van der Waals surface area (Å²) in [6.45, 7) is 0. The van der Waals surface area contributed by atoms with Crippen LogP contribution < -0.4 is 0 Å². The first-order valence-corrected chi connectivity index (χ1v) is 19.8. The topological polar surface area (TPSA) is 56.7 Å². The average molecular weight is 747 g/mol. The predicted molar refractivity (Wildman–Crippen MR) is 236 cm³/mol. The van der Waals surface area contributed by atoms with Crippen LogP contribution in [0.15, 0.2) is 186 Å². The monoisotopic (exact) mass is 746 g/mol. The minimum atomic E-state index is 0.654. The van der Waals surface area contributed by atoms with Crippen molar-refractivity contribution >= 4 is 75.3 Å². The molecule has 0 amide bonds. The number of rotatable bonds is 5. The van der Waals surface area contributed by atoms with E-state index in [0.29, 0.717) is 17.5 Å². The summed E-state index contributed by atoms with van der Waals surface area (Å²) in [7, 11) is 0. The van der Waals surface area contributed by atoms with Crippen molar-refractivity contribution in [3.63, 3.8) is 0 Å². The van der Waals surface area contributed by atoms with E-state index >= 15 is 0 Å². The standard InChI is InChI=1S/C51H30N4OS/c1-3-12-31(13-4-1)49-52-50(32-14-5-2-6-15-32)54-51(53-49)34-22-25-39-40-28-33(23-27-46(40)57-47(39)29-34)36-18-11-21-45-48(36)41-30-35(24-26-44(41)56-45)55-42-19-9-7-16-37(42)38-17-8-10-20-43(38)55/h1-30H. The number of nitrogens with zero attached hydrogens (tertiary/aromatic N) is 4. The van der Waals surface area contributed by atoms with Gasteiger partial charge in [0.1, 0.15) is 11.2 Å². The molecule has 4 aromatic heterocycles. The summed E-state index contributed by atoms with van der Waals surface area (Å²) in [5.41, 5.74) is 10.4. The van der Waals surface area contributed by atoms with Gasteiger partial charge in [-0.3, -0.25) is 0 Å². The average Bonchev–Trinajstić information content (AvgIpc) is 3.95. The first-order chi connectivity index (χ1) is 28.2. The molecule has 57 heavy (non-hydrogen) atoms. The van der Waals surface area contributed by atoms with E-state index in [0.717, 1.165) is 55.4 Å². The second-order valence-corrected chi connectivity index (χ2v) is 15.5. The number of thiophene rings is 1. The number of aromatic nitrogens is 4. The summed E-state index contributed by atoms with van der Waals surface area (Å²) >= 11 is 1.79. The Hall–Kier alpha value is -7.41.